The Balaban J connectivity index is 1.49. The van der Waals surface area contributed by atoms with Gasteiger partial charge >= 0.3 is 0 Å². The van der Waals surface area contributed by atoms with Crippen molar-refractivity contribution in [2.75, 3.05) is 18.8 Å². The summed E-state index contributed by atoms with van der Waals surface area (Å²) in [6.45, 7) is 4.13. The summed E-state index contributed by atoms with van der Waals surface area (Å²) < 4.78 is 1.63. The lowest BCUT2D eigenvalue weighted by Crippen LogP contribution is -2.37. The predicted octanol–water partition coefficient (Wildman–Crippen LogP) is 2.85. The number of nitrogens with zero attached hydrogens (tertiary/aromatic N) is 5. The quantitative estimate of drug-likeness (QED) is 0.467. The summed E-state index contributed by atoms with van der Waals surface area (Å²) >= 11 is 8.18. The van der Waals surface area contributed by atoms with Crippen LogP contribution in [0.5, 0.6) is 0 Å². The van der Waals surface area contributed by atoms with Crippen molar-refractivity contribution in [1.82, 2.24) is 30.4 Å². The van der Waals surface area contributed by atoms with E-state index in [0.717, 1.165) is 16.7 Å². The number of carbonyl (C=O) groups is 3. The van der Waals surface area contributed by atoms with Crippen LogP contribution in [0.3, 0.4) is 0 Å². The number of hydrogen-bond donors (Lipinski definition) is 1. The van der Waals surface area contributed by atoms with Gasteiger partial charge in [-0.15, -0.1) is 5.10 Å². The standard InChI is InChI=1S/C18H19ClN6O3S2/c1-11(2)25-17(21-22-23-25)29-10-15(26)20-7-8-24-16(27)14(30-18(24)28)9-12-5-3-4-6-13(12)19/h3-6,9,11H,7-8,10H2,1-2H3,(H,20,26)/b14-9-. The first kappa shape index (κ1) is 22.3. The predicted molar refractivity (Wildman–Crippen MR) is 116 cm³/mol. The van der Waals surface area contributed by atoms with Crippen molar-refractivity contribution in [3.8, 4) is 0 Å². The number of hydrogen-bond acceptors (Lipinski definition) is 8. The molecule has 1 fully saturated rings. The Morgan fingerprint density at radius 2 is 2.10 bits per heavy atom. The molecule has 0 radical (unpaired) electrons. The van der Waals surface area contributed by atoms with E-state index in [4.69, 9.17) is 11.6 Å². The first-order valence-corrected chi connectivity index (χ1v) is 11.2. The smallest absolute Gasteiger partial charge is 0.293 e. The van der Waals surface area contributed by atoms with Crippen molar-refractivity contribution in [3.63, 3.8) is 0 Å². The highest BCUT2D eigenvalue weighted by Crippen LogP contribution is 2.33. The molecule has 158 valence electrons. The molecule has 1 aliphatic rings. The molecular weight excluding hydrogens is 448 g/mol. The molecule has 3 rings (SSSR count). The molecule has 0 bridgehead atoms. The lowest BCUT2D eigenvalue weighted by atomic mass is 10.2. The van der Waals surface area contributed by atoms with E-state index in [9.17, 15) is 14.4 Å². The number of nitrogens with one attached hydrogen (secondary N) is 1. The third-order valence-electron chi connectivity index (χ3n) is 4.01. The van der Waals surface area contributed by atoms with Crippen molar-refractivity contribution in [2.24, 2.45) is 0 Å². The van der Waals surface area contributed by atoms with Crippen LogP contribution < -0.4 is 5.32 Å². The normalized spacial score (nSPS) is 15.5. The molecule has 1 aliphatic heterocycles. The van der Waals surface area contributed by atoms with Crippen LogP contribution in [0.1, 0.15) is 25.5 Å². The van der Waals surface area contributed by atoms with Crippen LogP contribution in [0.4, 0.5) is 4.79 Å². The van der Waals surface area contributed by atoms with Gasteiger partial charge in [0.1, 0.15) is 0 Å². The van der Waals surface area contributed by atoms with Crippen molar-refractivity contribution in [2.45, 2.75) is 25.0 Å². The zero-order chi connectivity index (χ0) is 21.7. The van der Waals surface area contributed by atoms with Crippen LogP contribution in [0, 0.1) is 0 Å². The first-order valence-electron chi connectivity index (χ1n) is 9.04. The van der Waals surface area contributed by atoms with Crippen LogP contribution in [0.25, 0.3) is 6.08 Å². The third-order valence-corrected chi connectivity index (χ3v) is 6.19. The van der Waals surface area contributed by atoms with Gasteiger partial charge in [0.25, 0.3) is 11.1 Å². The molecule has 0 aliphatic carbocycles. The van der Waals surface area contributed by atoms with E-state index in [2.05, 4.69) is 20.8 Å². The average molecular weight is 467 g/mol. The van der Waals surface area contributed by atoms with E-state index in [0.29, 0.717) is 20.6 Å². The highest BCUT2D eigenvalue weighted by Gasteiger charge is 2.34. The Bertz CT molecular complexity index is 994. The van der Waals surface area contributed by atoms with E-state index in [1.165, 1.54) is 11.8 Å². The Hall–Kier alpha value is -2.37. The Morgan fingerprint density at radius 3 is 2.83 bits per heavy atom. The van der Waals surface area contributed by atoms with Crippen LogP contribution in [0.2, 0.25) is 5.02 Å². The maximum absolute atomic E-state index is 12.5. The fourth-order valence-corrected chi connectivity index (χ4v) is 4.40. The minimum Gasteiger partial charge on any atom is -0.354 e. The SMILES string of the molecule is CC(C)n1nnnc1SCC(=O)NCCN1C(=O)S/C(=C\c2ccccc2Cl)C1=O. The maximum Gasteiger partial charge on any atom is 0.293 e. The van der Waals surface area contributed by atoms with Gasteiger partial charge < -0.3 is 5.32 Å². The highest BCUT2D eigenvalue weighted by molar-refractivity contribution is 8.18. The van der Waals surface area contributed by atoms with Gasteiger partial charge in [0, 0.05) is 18.1 Å². The molecule has 1 aromatic carbocycles. The molecule has 1 aromatic heterocycles. The van der Waals surface area contributed by atoms with Gasteiger partial charge in [-0.3, -0.25) is 19.3 Å². The fraction of sp³-hybridized carbons (Fsp3) is 0.333. The molecular formula is C18H19ClN6O3S2. The number of benzene rings is 1. The summed E-state index contributed by atoms with van der Waals surface area (Å²) in [6.07, 6.45) is 1.60. The van der Waals surface area contributed by atoms with Crippen LogP contribution in [-0.4, -0.2) is 61.0 Å². The summed E-state index contributed by atoms with van der Waals surface area (Å²) in [5.74, 6) is -0.511. The second-order valence-corrected chi connectivity index (χ2v) is 8.84. The summed E-state index contributed by atoms with van der Waals surface area (Å²) in [5, 5.41) is 14.7. The number of rotatable bonds is 8. The lowest BCUT2D eigenvalue weighted by molar-refractivity contribution is -0.123. The molecule has 9 nitrogen and oxygen atoms in total. The molecule has 1 N–H and O–H groups in total. The van der Waals surface area contributed by atoms with Gasteiger partial charge in [0.05, 0.1) is 16.7 Å². The minimum atomic E-state index is -0.398. The van der Waals surface area contributed by atoms with Crippen molar-refractivity contribution in [3.05, 3.63) is 39.8 Å². The highest BCUT2D eigenvalue weighted by atomic mass is 35.5. The number of tetrazole rings is 1. The van der Waals surface area contributed by atoms with Gasteiger partial charge in [0.15, 0.2) is 0 Å². The monoisotopic (exact) mass is 466 g/mol. The molecule has 2 aromatic rings. The minimum absolute atomic E-state index is 0.0864. The van der Waals surface area contributed by atoms with Crippen LogP contribution >= 0.6 is 35.1 Å². The van der Waals surface area contributed by atoms with Crippen molar-refractivity contribution >= 4 is 58.3 Å². The van der Waals surface area contributed by atoms with E-state index >= 15 is 0 Å². The molecule has 1 saturated heterocycles. The average Bonchev–Trinajstić information content (AvgIpc) is 3.28. The second-order valence-electron chi connectivity index (χ2n) is 6.49. The zero-order valence-corrected chi connectivity index (χ0v) is 18.6. The van der Waals surface area contributed by atoms with Gasteiger partial charge in [0.2, 0.25) is 11.1 Å². The number of thioether (sulfide) groups is 2. The van der Waals surface area contributed by atoms with E-state index < -0.39 is 5.91 Å². The lowest BCUT2D eigenvalue weighted by Gasteiger charge is -2.13. The number of carbonyl (C=O) groups excluding carboxylic acids is 3. The maximum atomic E-state index is 12.5. The largest absolute Gasteiger partial charge is 0.354 e. The van der Waals surface area contributed by atoms with Crippen LogP contribution in [-0.2, 0) is 9.59 Å². The first-order chi connectivity index (χ1) is 14.4. The molecule has 0 saturated carbocycles. The van der Waals surface area contributed by atoms with Gasteiger partial charge in [-0.25, -0.2) is 4.68 Å². The molecule has 0 unspecified atom stereocenters. The summed E-state index contributed by atoms with van der Waals surface area (Å²) in [6, 6.07) is 7.16. The van der Waals surface area contributed by atoms with Crippen molar-refractivity contribution in [1.29, 1.82) is 0 Å². The summed E-state index contributed by atoms with van der Waals surface area (Å²) in [5.41, 5.74) is 0.665. The Labute approximate surface area is 186 Å². The van der Waals surface area contributed by atoms with E-state index in [1.807, 2.05) is 13.8 Å². The third kappa shape index (κ3) is 5.41. The molecule has 3 amide bonds. The van der Waals surface area contributed by atoms with Crippen LogP contribution in [0.15, 0.2) is 34.3 Å². The molecule has 0 atom stereocenters. The summed E-state index contributed by atoms with van der Waals surface area (Å²) in [7, 11) is 0. The Morgan fingerprint density at radius 1 is 1.33 bits per heavy atom. The van der Waals surface area contributed by atoms with Crippen molar-refractivity contribution < 1.29 is 14.4 Å². The number of aromatic nitrogens is 4. The molecule has 2 heterocycles. The molecule has 0 spiro atoms. The zero-order valence-electron chi connectivity index (χ0n) is 16.2. The van der Waals surface area contributed by atoms with Gasteiger partial charge in [-0.1, -0.05) is 41.6 Å². The van der Waals surface area contributed by atoms with Gasteiger partial charge in [-0.2, -0.15) is 0 Å². The Kier molecular flexibility index (Phi) is 7.51. The molecule has 12 heteroatoms. The fourth-order valence-electron chi connectivity index (χ4n) is 2.52. The van der Waals surface area contributed by atoms with E-state index in [1.54, 1.807) is 35.0 Å². The number of imide groups is 1. The van der Waals surface area contributed by atoms with Gasteiger partial charge in [-0.05, 0) is 53.7 Å². The topological polar surface area (TPSA) is 110 Å². The number of amides is 3. The second kappa shape index (κ2) is 10.1. The molecule has 30 heavy (non-hydrogen) atoms. The summed E-state index contributed by atoms with van der Waals surface area (Å²) in [4.78, 5) is 38.2. The van der Waals surface area contributed by atoms with E-state index in [-0.39, 0.29) is 36.0 Å². The number of halogens is 1.